The summed E-state index contributed by atoms with van der Waals surface area (Å²) in [6.07, 6.45) is 2.03. The van der Waals surface area contributed by atoms with E-state index in [4.69, 9.17) is 15.0 Å². The van der Waals surface area contributed by atoms with Crippen LogP contribution in [0.4, 0.5) is 0 Å². The maximum absolute atomic E-state index is 5.64. The number of rotatable bonds is 10. The van der Waals surface area contributed by atoms with Gasteiger partial charge in [-0.25, -0.2) is 9.98 Å². The van der Waals surface area contributed by atoms with Crippen LogP contribution in [0, 0.1) is 0 Å². The summed E-state index contributed by atoms with van der Waals surface area (Å²) in [6.45, 7) is 0. The minimum Gasteiger partial charge on any atom is -0.309 e. The molecule has 0 spiro atoms. The highest BCUT2D eigenvalue weighted by molar-refractivity contribution is 6.17. The second kappa shape index (κ2) is 21.0. The summed E-state index contributed by atoms with van der Waals surface area (Å²) >= 11 is 0. The van der Waals surface area contributed by atoms with Crippen molar-refractivity contribution in [3.63, 3.8) is 0 Å². The van der Waals surface area contributed by atoms with Crippen molar-refractivity contribution in [2.45, 2.75) is 5.41 Å². The average molecular weight is 1040 g/mol. The van der Waals surface area contributed by atoms with E-state index in [2.05, 4.69) is 308 Å². The predicted molar refractivity (Wildman–Crippen MR) is 339 cm³/mol. The second-order valence-corrected chi connectivity index (χ2v) is 20.7. The molecule has 0 radical (unpaired) electrons. The van der Waals surface area contributed by atoms with Crippen LogP contribution in [0.1, 0.15) is 38.9 Å². The Bertz CT molecular complexity index is 4370. The van der Waals surface area contributed by atoms with E-state index in [1.165, 1.54) is 38.7 Å². The Kier molecular flexibility index (Phi) is 12.7. The zero-order valence-electron chi connectivity index (χ0n) is 44.7. The van der Waals surface area contributed by atoms with Gasteiger partial charge in [-0.3, -0.25) is 4.99 Å². The zero-order chi connectivity index (χ0) is 54.1. The minimum atomic E-state index is -0.707. The number of hydrogen-bond donors (Lipinski definition) is 0. The lowest BCUT2D eigenvalue weighted by atomic mass is 9.63. The fourth-order valence-corrected chi connectivity index (χ4v) is 12.2. The van der Waals surface area contributed by atoms with Crippen LogP contribution in [0.15, 0.2) is 318 Å². The van der Waals surface area contributed by atoms with Crippen molar-refractivity contribution in [1.29, 1.82) is 0 Å². The van der Waals surface area contributed by atoms with Gasteiger partial charge in [-0.15, -0.1) is 0 Å². The Morgan fingerprint density at radius 1 is 0.346 bits per heavy atom. The van der Waals surface area contributed by atoms with Crippen LogP contribution in [-0.2, 0) is 5.41 Å². The topological polar surface area (TPSA) is 42.0 Å². The fourth-order valence-electron chi connectivity index (χ4n) is 12.2. The van der Waals surface area contributed by atoms with E-state index in [0.29, 0.717) is 11.7 Å². The van der Waals surface area contributed by atoms with Crippen molar-refractivity contribution >= 4 is 39.7 Å². The Hall–Kier alpha value is -10.6. The largest absolute Gasteiger partial charge is 0.309 e. The maximum Gasteiger partial charge on any atom is 0.161 e. The van der Waals surface area contributed by atoms with Gasteiger partial charge in [0.25, 0.3) is 0 Å². The van der Waals surface area contributed by atoms with Crippen molar-refractivity contribution in [3.05, 3.63) is 342 Å². The van der Waals surface area contributed by atoms with Crippen molar-refractivity contribution < 1.29 is 0 Å². The van der Waals surface area contributed by atoms with Crippen LogP contribution in [0.3, 0.4) is 0 Å². The van der Waals surface area contributed by atoms with Gasteiger partial charge in [0.2, 0.25) is 0 Å². The van der Waals surface area contributed by atoms with Crippen LogP contribution in [0.25, 0.3) is 83.1 Å². The zero-order valence-corrected chi connectivity index (χ0v) is 44.7. The molecule has 0 aliphatic carbocycles. The van der Waals surface area contributed by atoms with Gasteiger partial charge in [0, 0.05) is 35.2 Å². The first-order valence-corrected chi connectivity index (χ1v) is 27.6. The van der Waals surface area contributed by atoms with Gasteiger partial charge in [0.1, 0.15) is 0 Å². The van der Waals surface area contributed by atoms with Crippen LogP contribution in [0.2, 0.25) is 0 Å². The van der Waals surface area contributed by atoms with Crippen molar-refractivity contribution in [1.82, 2.24) is 4.57 Å². The summed E-state index contributed by atoms with van der Waals surface area (Å²) in [5, 5.41) is 2.31. The van der Waals surface area contributed by atoms with E-state index in [1.54, 1.807) is 0 Å². The number of para-hydroxylation sites is 1. The normalized spacial score (nSPS) is 13.0. The molecule has 0 bridgehead atoms. The molecule has 1 aliphatic heterocycles. The molecule has 0 saturated heterocycles. The molecule has 0 amide bonds. The highest BCUT2D eigenvalue weighted by atomic mass is 15.0. The average Bonchev–Trinajstić information content (AvgIpc) is 3.63. The molecule has 0 unspecified atom stereocenters. The first-order chi connectivity index (χ1) is 40.1. The lowest BCUT2D eigenvalue weighted by molar-refractivity contribution is 0.727. The third kappa shape index (κ3) is 8.90. The molecule has 4 nitrogen and oxygen atoms in total. The third-order valence-electron chi connectivity index (χ3n) is 15.9. The van der Waals surface area contributed by atoms with E-state index >= 15 is 0 Å². The molecule has 2 heterocycles. The minimum absolute atomic E-state index is 0.530. The Morgan fingerprint density at radius 2 is 0.765 bits per heavy atom. The quantitative estimate of drug-likeness (QED) is 0.0968. The highest BCUT2D eigenvalue weighted by Gasteiger charge is 2.45. The summed E-state index contributed by atoms with van der Waals surface area (Å²) < 4.78 is 2.50. The van der Waals surface area contributed by atoms with Gasteiger partial charge in [-0.1, -0.05) is 237 Å². The summed E-state index contributed by atoms with van der Waals surface area (Å²) in [4.78, 5) is 16.3. The number of amidine groups is 2. The van der Waals surface area contributed by atoms with Gasteiger partial charge in [0.15, 0.2) is 11.7 Å². The molecular weight excluding hydrogens is 981 g/mol. The lowest BCUT2D eigenvalue weighted by Gasteiger charge is -2.41. The molecule has 12 aromatic carbocycles. The molecular formula is C77H54N4. The standard InChI is InChI=1S/C77H54N4/c1-78-75(64-47-60(55-27-11-3-12-28-55)45-61(48-64)56-29-13-4-14-30-56)80-76(65-49-62(57-31-15-5-16-32-57)46-63(50-65)58-33-17-6-18-34-58)79-52-53-43-69-68-51-59(54-25-9-2-10-26-54)41-42-72(68)81-73-40-24-23-39-70(73)77(71(44-53)74(69)81,66-35-19-7-20-36-66)67-37-21-8-22-38-67/h2-52H,1H3/b78-75-,79-52+,80-76-. The molecule has 14 rings (SSSR count). The molecule has 0 N–H and O–H groups in total. The van der Waals surface area contributed by atoms with Gasteiger partial charge in [0.05, 0.1) is 22.1 Å². The van der Waals surface area contributed by atoms with Gasteiger partial charge < -0.3 is 4.57 Å². The van der Waals surface area contributed by atoms with Gasteiger partial charge >= 0.3 is 0 Å². The first-order valence-electron chi connectivity index (χ1n) is 27.6. The van der Waals surface area contributed by atoms with E-state index in [-0.39, 0.29) is 0 Å². The summed E-state index contributed by atoms with van der Waals surface area (Å²) in [5.41, 5.74) is 21.2. The summed E-state index contributed by atoms with van der Waals surface area (Å²) in [7, 11) is 1.83. The van der Waals surface area contributed by atoms with Crippen molar-refractivity contribution in [2.24, 2.45) is 15.0 Å². The molecule has 0 atom stereocenters. The van der Waals surface area contributed by atoms with E-state index in [0.717, 1.165) is 83.4 Å². The van der Waals surface area contributed by atoms with E-state index in [9.17, 15) is 0 Å². The molecule has 1 aromatic heterocycles. The van der Waals surface area contributed by atoms with E-state index < -0.39 is 5.41 Å². The molecule has 0 saturated carbocycles. The maximum atomic E-state index is 5.64. The molecule has 4 heteroatoms. The summed E-state index contributed by atoms with van der Waals surface area (Å²) in [5.74, 6) is 1.09. The lowest BCUT2D eigenvalue weighted by Crippen LogP contribution is -2.35. The smallest absolute Gasteiger partial charge is 0.161 e. The first kappa shape index (κ1) is 48.8. The number of nitrogens with zero attached hydrogens (tertiary/aromatic N) is 4. The molecule has 382 valence electrons. The molecule has 0 fully saturated rings. The van der Waals surface area contributed by atoms with E-state index in [1.807, 2.05) is 13.3 Å². The molecule has 81 heavy (non-hydrogen) atoms. The number of aromatic nitrogens is 1. The number of hydrogen-bond acceptors (Lipinski definition) is 1. The Labute approximate surface area is 472 Å². The van der Waals surface area contributed by atoms with Gasteiger partial charge in [-0.05, 0) is 150 Å². The van der Waals surface area contributed by atoms with Gasteiger partial charge in [-0.2, -0.15) is 0 Å². The Balaban J connectivity index is 1.05. The van der Waals surface area contributed by atoms with Crippen molar-refractivity contribution in [3.8, 4) is 61.3 Å². The van der Waals surface area contributed by atoms with Crippen LogP contribution in [0.5, 0.6) is 0 Å². The fraction of sp³-hybridized carbons (Fsp3) is 0.0260. The van der Waals surface area contributed by atoms with Crippen molar-refractivity contribution in [2.75, 3.05) is 7.05 Å². The number of aliphatic imine (C=N–C) groups is 3. The number of benzene rings is 12. The van der Waals surface area contributed by atoms with Crippen LogP contribution in [-0.4, -0.2) is 29.5 Å². The summed E-state index contributed by atoms with van der Waals surface area (Å²) in [6, 6.07) is 109. The highest BCUT2D eigenvalue weighted by Crippen LogP contribution is 2.54. The molecule has 1 aliphatic rings. The molecule has 13 aromatic rings. The predicted octanol–water partition coefficient (Wildman–Crippen LogP) is 18.8. The number of fused-ring (bicyclic) bond motifs is 5. The second-order valence-electron chi connectivity index (χ2n) is 20.7. The Morgan fingerprint density at radius 3 is 1.23 bits per heavy atom. The van der Waals surface area contributed by atoms with Crippen LogP contribution < -0.4 is 0 Å². The third-order valence-corrected chi connectivity index (χ3v) is 15.9. The monoisotopic (exact) mass is 1030 g/mol. The SMILES string of the molecule is C\N=C(/N=C(\N=C\c1cc2c3c(c1)c1cc(-c4ccccc4)ccc1n3-c1ccccc1C2(c1ccccc1)c1ccccc1)c1cc(-c2ccccc2)cc(-c2ccccc2)c1)c1cc(-c2ccccc2)cc(-c2ccccc2)c1. The van der Waals surface area contributed by atoms with Crippen LogP contribution >= 0.6 is 0 Å².